The lowest BCUT2D eigenvalue weighted by Gasteiger charge is -2.17. The Balaban J connectivity index is 1.42. The zero-order chi connectivity index (χ0) is 22.5. The number of carbonyl (C=O) groups excluding carboxylic acids is 1. The first-order valence-corrected chi connectivity index (χ1v) is 11.0. The van der Waals surface area contributed by atoms with Gasteiger partial charge in [0.15, 0.2) is 11.5 Å². The topological polar surface area (TPSA) is 85.8 Å². The number of nitrogens with zero attached hydrogens (tertiary/aromatic N) is 3. The minimum absolute atomic E-state index is 0.0668. The average Bonchev–Trinajstić information content (AvgIpc) is 3.56. The average molecular weight is 426 g/mol. The van der Waals surface area contributed by atoms with Crippen molar-refractivity contribution in [3.63, 3.8) is 0 Å². The van der Waals surface area contributed by atoms with E-state index in [-0.39, 0.29) is 5.91 Å². The molecule has 1 aliphatic carbocycles. The van der Waals surface area contributed by atoms with Crippen LogP contribution in [0.15, 0.2) is 54.6 Å². The number of benzene rings is 2. The number of carbonyl (C=O) groups is 1. The van der Waals surface area contributed by atoms with Gasteiger partial charge in [0.25, 0.3) is 0 Å². The molecule has 0 unspecified atom stereocenters. The molecule has 162 valence electrons. The maximum Gasteiger partial charge on any atom is 0.235 e. The molecule has 5 rings (SSSR count). The minimum Gasteiger partial charge on any atom is -0.382 e. The van der Waals surface area contributed by atoms with E-state index in [0.717, 1.165) is 58.4 Å². The summed E-state index contributed by atoms with van der Waals surface area (Å²) in [5.41, 5.74) is 12.6. The summed E-state index contributed by atoms with van der Waals surface area (Å²) in [5.74, 6) is 0.532. The van der Waals surface area contributed by atoms with Crippen LogP contribution in [-0.2, 0) is 23.7 Å². The quantitative estimate of drug-likeness (QED) is 0.483. The Morgan fingerprint density at radius 3 is 2.59 bits per heavy atom. The molecule has 32 heavy (non-hydrogen) atoms. The second-order valence-electron chi connectivity index (χ2n) is 8.69. The van der Waals surface area contributed by atoms with Gasteiger partial charge in [-0.15, -0.1) is 0 Å². The van der Waals surface area contributed by atoms with Crippen molar-refractivity contribution in [2.24, 2.45) is 7.05 Å². The summed E-state index contributed by atoms with van der Waals surface area (Å²) in [7, 11) is 1.84. The molecule has 4 aromatic rings. The Morgan fingerprint density at radius 1 is 1.16 bits per heavy atom. The number of amides is 1. The summed E-state index contributed by atoms with van der Waals surface area (Å²) < 4.78 is 1.71. The van der Waals surface area contributed by atoms with Crippen LogP contribution < -0.4 is 11.1 Å². The van der Waals surface area contributed by atoms with Gasteiger partial charge in [0.05, 0.1) is 10.8 Å². The standard InChI is InChI=1S/C26H27N5O/c1-4-17-6-5-7-19(15-17)26(12-13-26)25(32)29-20-10-8-18(9-11-20)21-14-16(2)28-24-22(21)23(27)30-31(24)3/h5-11,14-15H,4,12-13H2,1-3H3,(H2,27,30)(H,29,32). The number of nitrogens with one attached hydrogen (secondary N) is 1. The minimum atomic E-state index is -0.400. The molecule has 0 atom stereocenters. The normalized spacial score (nSPS) is 14.5. The monoisotopic (exact) mass is 425 g/mol. The van der Waals surface area contributed by atoms with Crippen molar-refractivity contribution in [2.45, 2.75) is 38.5 Å². The van der Waals surface area contributed by atoms with E-state index in [0.29, 0.717) is 5.82 Å². The highest BCUT2D eigenvalue weighted by atomic mass is 16.2. The third-order valence-corrected chi connectivity index (χ3v) is 6.48. The highest BCUT2D eigenvalue weighted by Gasteiger charge is 2.51. The molecule has 1 aliphatic rings. The van der Waals surface area contributed by atoms with Crippen molar-refractivity contribution in [3.05, 3.63) is 71.4 Å². The second kappa shape index (κ2) is 7.48. The number of aromatic nitrogens is 3. The van der Waals surface area contributed by atoms with Crippen LogP contribution in [0, 0.1) is 6.92 Å². The van der Waals surface area contributed by atoms with Crippen LogP contribution in [-0.4, -0.2) is 20.7 Å². The van der Waals surface area contributed by atoms with E-state index in [1.165, 1.54) is 5.56 Å². The van der Waals surface area contributed by atoms with Gasteiger partial charge in [-0.2, -0.15) is 5.10 Å². The maximum absolute atomic E-state index is 13.2. The zero-order valence-electron chi connectivity index (χ0n) is 18.6. The van der Waals surface area contributed by atoms with E-state index < -0.39 is 5.41 Å². The summed E-state index contributed by atoms with van der Waals surface area (Å²) in [5, 5.41) is 8.30. The molecule has 1 saturated carbocycles. The molecule has 0 aliphatic heterocycles. The van der Waals surface area contributed by atoms with Gasteiger partial charge in [0.1, 0.15) is 0 Å². The first-order valence-electron chi connectivity index (χ1n) is 11.0. The van der Waals surface area contributed by atoms with Gasteiger partial charge in [-0.25, -0.2) is 9.67 Å². The van der Waals surface area contributed by atoms with Crippen molar-refractivity contribution in [1.29, 1.82) is 0 Å². The summed E-state index contributed by atoms with van der Waals surface area (Å²) >= 11 is 0. The van der Waals surface area contributed by atoms with Gasteiger partial charge < -0.3 is 11.1 Å². The molecular weight excluding hydrogens is 398 g/mol. The summed E-state index contributed by atoms with van der Waals surface area (Å²) in [4.78, 5) is 17.7. The van der Waals surface area contributed by atoms with E-state index in [4.69, 9.17) is 5.73 Å². The van der Waals surface area contributed by atoms with E-state index in [1.807, 2.05) is 44.3 Å². The predicted octanol–water partition coefficient (Wildman–Crippen LogP) is 4.76. The van der Waals surface area contributed by atoms with Gasteiger partial charge in [0.2, 0.25) is 5.91 Å². The van der Waals surface area contributed by atoms with E-state index in [2.05, 4.69) is 46.6 Å². The number of nitrogen functional groups attached to an aromatic ring is 1. The number of nitrogens with two attached hydrogens (primary N) is 1. The first kappa shape index (κ1) is 20.2. The summed E-state index contributed by atoms with van der Waals surface area (Å²) in [6.45, 7) is 4.10. The van der Waals surface area contributed by atoms with Crippen molar-refractivity contribution >= 4 is 28.4 Å². The number of hydrogen-bond acceptors (Lipinski definition) is 4. The van der Waals surface area contributed by atoms with Crippen LogP contribution in [0.3, 0.4) is 0 Å². The number of aryl methyl sites for hydroxylation is 3. The van der Waals surface area contributed by atoms with Crippen LogP contribution >= 0.6 is 0 Å². The van der Waals surface area contributed by atoms with Gasteiger partial charge in [-0.1, -0.05) is 43.3 Å². The summed E-state index contributed by atoms with van der Waals surface area (Å²) in [6.07, 6.45) is 2.74. The fourth-order valence-corrected chi connectivity index (χ4v) is 4.47. The molecule has 3 N–H and O–H groups in total. The van der Waals surface area contributed by atoms with E-state index in [9.17, 15) is 4.79 Å². The SMILES string of the molecule is CCc1cccc(C2(C(=O)Nc3ccc(-c4cc(C)nc5c4c(N)nn5C)cc3)CC2)c1. The number of hydrogen-bond donors (Lipinski definition) is 2. The largest absolute Gasteiger partial charge is 0.382 e. The lowest BCUT2D eigenvalue weighted by atomic mass is 9.92. The molecule has 1 amide bonds. The molecule has 2 aromatic carbocycles. The molecule has 0 bridgehead atoms. The molecule has 0 spiro atoms. The lowest BCUT2D eigenvalue weighted by Crippen LogP contribution is -2.27. The van der Waals surface area contributed by atoms with Crippen LogP contribution in [0.25, 0.3) is 22.2 Å². The fourth-order valence-electron chi connectivity index (χ4n) is 4.47. The lowest BCUT2D eigenvalue weighted by molar-refractivity contribution is -0.118. The molecule has 1 fully saturated rings. The second-order valence-corrected chi connectivity index (χ2v) is 8.69. The molecule has 6 heteroatoms. The van der Waals surface area contributed by atoms with Crippen molar-refractivity contribution in [2.75, 3.05) is 11.1 Å². The Kier molecular flexibility index (Phi) is 4.73. The van der Waals surface area contributed by atoms with Crippen LogP contribution in [0.2, 0.25) is 0 Å². The van der Waals surface area contributed by atoms with Gasteiger partial charge in [-0.3, -0.25) is 4.79 Å². The van der Waals surface area contributed by atoms with Crippen molar-refractivity contribution in [3.8, 4) is 11.1 Å². The number of anilines is 2. The number of rotatable bonds is 5. The summed E-state index contributed by atoms with van der Waals surface area (Å²) in [6, 6.07) is 18.3. The highest BCUT2D eigenvalue weighted by Crippen LogP contribution is 2.49. The van der Waals surface area contributed by atoms with Gasteiger partial charge >= 0.3 is 0 Å². The maximum atomic E-state index is 13.2. The molecular formula is C26H27N5O. The Labute approximate surface area is 187 Å². The Morgan fingerprint density at radius 2 is 1.91 bits per heavy atom. The highest BCUT2D eigenvalue weighted by molar-refractivity contribution is 6.02. The number of fused-ring (bicyclic) bond motifs is 1. The predicted molar refractivity (Wildman–Crippen MR) is 128 cm³/mol. The zero-order valence-corrected chi connectivity index (χ0v) is 18.6. The van der Waals surface area contributed by atoms with Crippen molar-refractivity contribution < 1.29 is 4.79 Å². The first-order chi connectivity index (χ1) is 15.4. The smallest absolute Gasteiger partial charge is 0.235 e. The van der Waals surface area contributed by atoms with Crippen LogP contribution in [0.5, 0.6) is 0 Å². The van der Waals surface area contributed by atoms with Gasteiger partial charge in [0, 0.05) is 18.4 Å². The molecule has 2 aromatic heterocycles. The third-order valence-electron chi connectivity index (χ3n) is 6.48. The molecule has 6 nitrogen and oxygen atoms in total. The Hall–Kier alpha value is -3.67. The van der Waals surface area contributed by atoms with Crippen LogP contribution in [0.1, 0.15) is 36.6 Å². The molecule has 2 heterocycles. The molecule has 0 saturated heterocycles. The Bertz CT molecular complexity index is 1330. The number of pyridine rings is 1. The van der Waals surface area contributed by atoms with Gasteiger partial charge in [-0.05, 0) is 66.6 Å². The third kappa shape index (κ3) is 3.32. The van der Waals surface area contributed by atoms with Crippen molar-refractivity contribution in [1.82, 2.24) is 14.8 Å². The van der Waals surface area contributed by atoms with Crippen LogP contribution in [0.4, 0.5) is 11.5 Å². The molecule has 0 radical (unpaired) electrons. The van der Waals surface area contributed by atoms with E-state index >= 15 is 0 Å². The fraction of sp³-hybridized carbons (Fsp3) is 0.269. The van der Waals surface area contributed by atoms with E-state index in [1.54, 1.807) is 4.68 Å².